The Balaban J connectivity index is 5.26. The molecule has 0 aliphatic rings. The molecule has 100 heavy (non-hydrogen) atoms. The van der Waals surface area contributed by atoms with E-state index in [1.807, 2.05) is 0 Å². The lowest BCUT2D eigenvalue weighted by Gasteiger charge is -2.21. The molecule has 0 radical (unpaired) electrons. The highest BCUT2D eigenvalue weighted by Crippen LogP contribution is 2.45. The molecule has 17 nitrogen and oxygen atoms in total. The molecular weight excluding hydrogens is 1310 g/mol. The number of hydrogen-bond acceptors (Lipinski definition) is 15. The van der Waals surface area contributed by atoms with Gasteiger partial charge in [-0.1, -0.05) is 370 Å². The molecule has 0 fully saturated rings. The summed E-state index contributed by atoms with van der Waals surface area (Å²) in [6.45, 7) is 12.0. The zero-order chi connectivity index (χ0) is 73.7. The topological polar surface area (TPSA) is 237 Å². The average Bonchev–Trinajstić information content (AvgIpc) is 0.931. The van der Waals surface area contributed by atoms with Gasteiger partial charge in [0.2, 0.25) is 0 Å². The number of carbonyl (C=O) groups excluding carboxylic acids is 4. The fourth-order valence-corrected chi connectivity index (χ4v) is 14.0. The van der Waals surface area contributed by atoms with Crippen LogP contribution in [-0.2, 0) is 65.4 Å². The quantitative estimate of drug-likeness (QED) is 0.0222. The maximum atomic E-state index is 13.1. The Labute approximate surface area is 613 Å². The van der Waals surface area contributed by atoms with Gasteiger partial charge in [0.15, 0.2) is 12.2 Å². The zero-order valence-electron chi connectivity index (χ0n) is 65.7. The number of carbonyl (C=O) groups is 4. The second-order valence-electron chi connectivity index (χ2n) is 30.4. The van der Waals surface area contributed by atoms with Crippen LogP contribution in [0, 0.1) is 17.8 Å². The van der Waals surface area contributed by atoms with Crippen molar-refractivity contribution in [1.82, 2.24) is 0 Å². The highest BCUT2D eigenvalue weighted by atomic mass is 31.2. The molecule has 3 unspecified atom stereocenters. The molecule has 0 amide bonds. The first-order valence-electron chi connectivity index (χ1n) is 41.9. The van der Waals surface area contributed by atoms with Crippen molar-refractivity contribution in [2.24, 2.45) is 17.8 Å². The van der Waals surface area contributed by atoms with Crippen molar-refractivity contribution in [3.05, 3.63) is 0 Å². The van der Waals surface area contributed by atoms with E-state index in [9.17, 15) is 43.2 Å². The van der Waals surface area contributed by atoms with Gasteiger partial charge in [0, 0.05) is 25.7 Å². The molecule has 6 atom stereocenters. The van der Waals surface area contributed by atoms with E-state index >= 15 is 0 Å². The summed E-state index contributed by atoms with van der Waals surface area (Å²) >= 11 is 0. The van der Waals surface area contributed by atoms with Crippen molar-refractivity contribution < 1.29 is 80.2 Å². The Hall–Kier alpha value is -1.94. The van der Waals surface area contributed by atoms with Gasteiger partial charge in [-0.05, 0) is 43.4 Å². The second kappa shape index (κ2) is 71.3. The van der Waals surface area contributed by atoms with Crippen molar-refractivity contribution in [2.75, 3.05) is 39.6 Å². The third-order valence-electron chi connectivity index (χ3n) is 19.2. The molecule has 0 saturated carbocycles. The molecule has 0 rings (SSSR count). The minimum absolute atomic E-state index is 0.107. The van der Waals surface area contributed by atoms with Crippen LogP contribution in [0.25, 0.3) is 0 Å². The van der Waals surface area contributed by atoms with Gasteiger partial charge in [-0.15, -0.1) is 0 Å². The lowest BCUT2D eigenvalue weighted by atomic mass is 9.99. The molecule has 0 heterocycles. The van der Waals surface area contributed by atoms with E-state index < -0.39 is 97.5 Å². The Morgan fingerprint density at radius 3 is 0.760 bits per heavy atom. The predicted octanol–water partition coefficient (Wildman–Crippen LogP) is 24.1. The minimum atomic E-state index is -4.96. The number of aliphatic hydroxyl groups excluding tert-OH is 1. The molecule has 19 heteroatoms. The van der Waals surface area contributed by atoms with Crippen LogP contribution in [0.5, 0.6) is 0 Å². The summed E-state index contributed by atoms with van der Waals surface area (Å²) in [5, 5.41) is 10.6. The third kappa shape index (κ3) is 73.0. The largest absolute Gasteiger partial charge is 0.472 e. The highest BCUT2D eigenvalue weighted by molar-refractivity contribution is 7.47. The van der Waals surface area contributed by atoms with Crippen LogP contribution in [0.15, 0.2) is 0 Å². The minimum Gasteiger partial charge on any atom is -0.462 e. The molecule has 0 spiro atoms. The molecule has 0 aliphatic carbocycles. The summed E-state index contributed by atoms with van der Waals surface area (Å²) in [6.07, 6.45) is 59.4. The van der Waals surface area contributed by atoms with Gasteiger partial charge >= 0.3 is 39.5 Å². The Bertz CT molecular complexity index is 1940. The van der Waals surface area contributed by atoms with Gasteiger partial charge in [0.1, 0.15) is 19.3 Å². The number of unbranched alkanes of at least 4 members (excludes halogenated alkanes) is 46. The fraction of sp³-hybridized carbons (Fsp3) is 0.951. The number of phosphoric acid groups is 2. The van der Waals surface area contributed by atoms with Gasteiger partial charge in [0.25, 0.3) is 0 Å². The number of esters is 4. The predicted molar refractivity (Wildman–Crippen MR) is 409 cm³/mol. The smallest absolute Gasteiger partial charge is 0.462 e. The number of hydrogen-bond donors (Lipinski definition) is 3. The Kier molecular flexibility index (Phi) is 69.9. The van der Waals surface area contributed by atoms with Crippen LogP contribution < -0.4 is 0 Å². The average molecular weight is 1470 g/mol. The van der Waals surface area contributed by atoms with Crippen molar-refractivity contribution in [3.8, 4) is 0 Å². The summed E-state index contributed by atoms with van der Waals surface area (Å²) in [5.74, 6) is 0.285. The van der Waals surface area contributed by atoms with Gasteiger partial charge in [-0.25, -0.2) is 9.13 Å². The molecule has 0 aromatic carbocycles. The van der Waals surface area contributed by atoms with Crippen LogP contribution >= 0.6 is 15.6 Å². The van der Waals surface area contributed by atoms with E-state index in [-0.39, 0.29) is 25.7 Å². The van der Waals surface area contributed by atoms with Gasteiger partial charge in [-0.2, -0.15) is 0 Å². The Morgan fingerprint density at radius 1 is 0.290 bits per heavy atom. The van der Waals surface area contributed by atoms with E-state index in [2.05, 4.69) is 48.5 Å². The molecule has 0 aromatic rings. The fourth-order valence-electron chi connectivity index (χ4n) is 12.5. The summed E-state index contributed by atoms with van der Waals surface area (Å²) < 4.78 is 68.8. The van der Waals surface area contributed by atoms with E-state index in [4.69, 9.17) is 37.0 Å². The van der Waals surface area contributed by atoms with Crippen LogP contribution in [0.2, 0.25) is 0 Å². The van der Waals surface area contributed by atoms with E-state index in [0.29, 0.717) is 25.7 Å². The SMILES string of the molecule is CCCCCCCCCCCCCCC(=O)OC[C@H](COP(=O)(O)OC[C@H](O)COP(=O)(O)OC[C@@H](COC(=O)CCCCCCCCCCCCCCC(C)C)OC(=O)CCCCCCCCCCCCCCCCCCC(C)C)OC(=O)CCCCCCCCCCCCC(C)CC. The maximum Gasteiger partial charge on any atom is 0.472 e. The van der Waals surface area contributed by atoms with E-state index in [1.54, 1.807) is 0 Å². The molecule has 3 N–H and O–H groups in total. The normalized spacial score (nSPS) is 14.2. The zero-order valence-corrected chi connectivity index (χ0v) is 67.5. The number of rotatable bonds is 79. The summed E-state index contributed by atoms with van der Waals surface area (Å²) in [7, 11) is -9.92. The van der Waals surface area contributed by atoms with E-state index in [1.165, 1.54) is 231 Å². The number of ether oxygens (including phenoxy) is 4. The monoisotopic (exact) mass is 1470 g/mol. The third-order valence-corrected chi connectivity index (χ3v) is 21.1. The highest BCUT2D eigenvalue weighted by Gasteiger charge is 2.30. The first-order chi connectivity index (χ1) is 48.3. The summed E-state index contributed by atoms with van der Waals surface area (Å²) in [6, 6.07) is 0. The van der Waals surface area contributed by atoms with Gasteiger partial charge in [0.05, 0.1) is 26.4 Å². The van der Waals surface area contributed by atoms with Crippen LogP contribution in [0.3, 0.4) is 0 Å². The lowest BCUT2D eigenvalue weighted by molar-refractivity contribution is -0.161. The number of aliphatic hydroxyl groups is 1. The van der Waals surface area contributed by atoms with Gasteiger partial charge in [-0.3, -0.25) is 37.3 Å². The Morgan fingerprint density at radius 2 is 0.510 bits per heavy atom. The van der Waals surface area contributed by atoms with Gasteiger partial charge < -0.3 is 33.8 Å². The number of phosphoric ester groups is 2. The summed E-state index contributed by atoms with van der Waals surface area (Å²) in [5.41, 5.74) is 0. The molecule has 0 aromatic heterocycles. The maximum absolute atomic E-state index is 13.1. The van der Waals surface area contributed by atoms with Crippen molar-refractivity contribution in [1.29, 1.82) is 0 Å². The lowest BCUT2D eigenvalue weighted by Crippen LogP contribution is -2.30. The van der Waals surface area contributed by atoms with Crippen molar-refractivity contribution in [2.45, 2.75) is 439 Å². The molecule has 594 valence electrons. The second-order valence-corrected chi connectivity index (χ2v) is 33.3. The standard InChI is InChI=1S/C81H158O17P2/c1-8-10-11-12-13-14-15-26-34-41-48-55-62-78(83)91-69-77(98-81(86)65-58-51-44-37-30-29-33-40-47-54-61-74(7)9-2)71-96-100(89,90)94-67-75(82)66-93-99(87,88)95-70-76(68-92-79(84)63-56-49-42-35-27-23-22-25-32-39-46-53-60-73(5)6)97-80(85)64-57-50-43-36-28-21-19-17-16-18-20-24-31-38-45-52-59-72(3)4/h72-77,82H,8-71H2,1-7H3,(H,87,88)(H,89,90)/t74?,75-,76-,77-/m1/s1. The first-order valence-corrected chi connectivity index (χ1v) is 44.9. The van der Waals surface area contributed by atoms with Crippen LogP contribution in [0.4, 0.5) is 0 Å². The van der Waals surface area contributed by atoms with Crippen molar-refractivity contribution in [3.63, 3.8) is 0 Å². The van der Waals surface area contributed by atoms with E-state index in [0.717, 1.165) is 108 Å². The van der Waals surface area contributed by atoms with Crippen molar-refractivity contribution >= 4 is 39.5 Å². The molecule has 0 aliphatic heterocycles. The molecule has 0 saturated heterocycles. The molecule has 0 bridgehead atoms. The van der Waals surface area contributed by atoms with Crippen LogP contribution in [-0.4, -0.2) is 96.7 Å². The van der Waals surface area contributed by atoms with Crippen LogP contribution in [0.1, 0.15) is 421 Å². The summed E-state index contributed by atoms with van der Waals surface area (Å²) in [4.78, 5) is 73.1. The molecular formula is C81H158O17P2. The first kappa shape index (κ1) is 98.1.